The highest BCUT2D eigenvalue weighted by Crippen LogP contribution is 2.53. The van der Waals surface area contributed by atoms with E-state index in [1.165, 1.54) is 0 Å². The standard InChI is InChI=1S/C14H27BN2O5/c16-14(13(19)20)8-9-6-10(17-4-5-18)7-11(9)12(14)2-1-3-15(21)22/h9-12,17-18,21-22H,1-8,16H2,(H,19,20)/t9-,10-,11-,12+,14+/m1/s1. The zero-order valence-corrected chi connectivity index (χ0v) is 12.8. The number of nitrogens with one attached hydrogen (secondary N) is 1. The van der Waals surface area contributed by atoms with Crippen LogP contribution in [0.2, 0.25) is 6.32 Å². The molecule has 0 bridgehead atoms. The molecule has 2 aliphatic carbocycles. The minimum Gasteiger partial charge on any atom is -0.480 e. The van der Waals surface area contributed by atoms with Gasteiger partial charge < -0.3 is 31.3 Å². The minimum absolute atomic E-state index is 0.0968. The van der Waals surface area contributed by atoms with Gasteiger partial charge in [-0.2, -0.15) is 0 Å². The largest absolute Gasteiger partial charge is 0.480 e. The van der Waals surface area contributed by atoms with Crippen LogP contribution >= 0.6 is 0 Å². The van der Waals surface area contributed by atoms with Crippen LogP contribution in [0.15, 0.2) is 0 Å². The fourth-order valence-electron chi connectivity index (χ4n) is 4.53. The normalized spacial score (nSPS) is 37.3. The SMILES string of the molecule is N[C@@]1(C(=O)O)C[C@H]2C[C@@H](NCCO)C[C@H]2[C@@H]1CCCB(O)O. The second-order valence-electron chi connectivity index (χ2n) is 6.84. The van der Waals surface area contributed by atoms with Crippen molar-refractivity contribution in [2.75, 3.05) is 13.2 Å². The van der Waals surface area contributed by atoms with E-state index >= 15 is 0 Å². The monoisotopic (exact) mass is 314 g/mol. The summed E-state index contributed by atoms with van der Waals surface area (Å²) in [6.45, 7) is 0.651. The van der Waals surface area contributed by atoms with Gasteiger partial charge in [-0.05, 0) is 49.8 Å². The van der Waals surface area contributed by atoms with Gasteiger partial charge in [0.25, 0.3) is 0 Å². The summed E-state index contributed by atoms with van der Waals surface area (Å²) in [4.78, 5) is 11.6. The van der Waals surface area contributed by atoms with E-state index < -0.39 is 18.6 Å². The predicted octanol–water partition coefficient (Wildman–Crippen LogP) is -0.982. The lowest BCUT2D eigenvalue weighted by atomic mass is 9.75. The second-order valence-corrected chi connectivity index (χ2v) is 6.84. The molecule has 0 radical (unpaired) electrons. The Balaban J connectivity index is 2.01. The van der Waals surface area contributed by atoms with E-state index in [0.29, 0.717) is 37.8 Å². The van der Waals surface area contributed by atoms with Crippen molar-refractivity contribution in [3.8, 4) is 0 Å². The Morgan fingerprint density at radius 2 is 2.09 bits per heavy atom. The summed E-state index contributed by atoms with van der Waals surface area (Å²) in [6, 6.07) is 0.312. The molecule has 0 aromatic carbocycles. The number of fused-ring (bicyclic) bond motifs is 1. The Kier molecular flexibility index (Phi) is 5.84. The van der Waals surface area contributed by atoms with Crippen LogP contribution in [-0.4, -0.2) is 58.1 Å². The van der Waals surface area contributed by atoms with Gasteiger partial charge in [-0.25, -0.2) is 0 Å². The third-order valence-corrected chi connectivity index (χ3v) is 5.45. The van der Waals surface area contributed by atoms with Crippen molar-refractivity contribution in [2.45, 2.75) is 50.0 Å². The van der Waals surface area contributed by atoms with Gasteiger partial charge in [0.1, 0.15) is 5.54 Å². The summed E-state index contributed by atoms with van der Waals surface area (Å²) < 4.78 is 0. The first-order chi connectivity index (χ1) is 10.4. The molecular formula is C14H27BN2O5. The molecule has 5 atom stereocenters. The highest BCUT2D eigenvalue weighted by Gasteiger charge is 2.57. The van der Waals surface area contributed by atoms with E-state index in [1.807, 2.05) is 0 Å². The molecule has 2 fully saturated rings. The van der Waals surface area contributed by atoms with Crippen LogP contribution < -0.4 is 11.1 Å². The predicted molar refractivity (Wildman–Crippen MR) is 82.0 cm³/mol. The molecule has 0 aromatic rings. The van der Waals surface area contributed by atoms with Crippen molar-refractivity contribution in [3.63, 3.8) is 0 Å². The molecule has 0 amide bonds. The van der Waals surface area contributed by atoms with E-state index in [-0.39, 0.29) is 24.8 Å². The van der Waals surface area contributed by atoms with Gasteiger partial charge in [-0.3, -0.25) is 4.79 Å². The summed E-state index contributed by atoms with van der Waals surface area (Å²) in [6.07, 6.45) is 3.67. The molecule has 0 aromatic heterocycles. The molecule has 0 unspecified atom stereocenters. The van der Waals surface area contributed by atoms with E-state index in [9.17, 15) is 9.90 Å². The number of hydrogen-bond donors (Lipinski definition) is 6. The smallest absolute Gasteiger partial charge is 0.451 e. The van der Waals surface area contributed by atoms with Gasteiger partial charge in [-0.15, -0.1) is 0 Å². The van der Waals surface area contributed by atoms with Crippen LogP contribution in [0.3, 0.4) is 0 Å². The topological polar surface area (TPSA) is 136 Å². The third kappa shape index (κ3) is 3.63. The molecular weight excluding hydrogens is 287 g/mol. The molecule has 2 saturated carbocycles. The van der Waals surface area contributed by atoms with Crippen LogP contribution in [0, 0.1) is 17.8 Å². The van der Waals surface area contributed by atoms with Gasteiger partial charge >= 0.3 is 13.1 Å². The highest BCUT2D eigenvalue weighted by atomic mass is 16.4. The number of carboxylic acids is 1. The van der Waals surface area contributed by atoms with Crippen LogP contribution in [0.1, 0.15) is 32.1 Å². The number of aliphatic carboxylic acids is 1. The molecule has 126 valence electrons. The number of aliphatic hydroxyl groups is 1. The maximum Gasteiger partial charge on any atom is 0.451 e. The molecule has 7 nitrogen and oxygen atoms in total. The fraction of sp³-hybridized carbons (Fsp3) is 0.929. The van der Waals surface area contributed by atoms with Crippen molar-refractivity contribution >= 4 is 13.1 Å². The summed E-state index contributed by atoms with van der Waals surface area (Å²) in [5.74, 6) is -0.527. The van der Waals surface area contributed by atoms with Gasteiger partial charge in [0.15, 0.2) is 0 Å². The van der Waals surface area contributed by atoms with Crippen LogP contribution in [0.4, 0.5) is 0 Å². The van der Waals surface area contributed by atoms with Gasteiger partial charge in [-0.1, -0.05) is 6.42 Å². The Morgan fingerprint density at radius 1 is 1.36 bits per heavy atom. The maximum absolute atomic E-state index is 11.6. The van der Waals surface area contributed by atoms with E-state index in [4.69, 9.17) is 20.9 Å². The molecule has 7 N–H and O–H groups in total. The van der Waals surface area contributed by atoms with Crippen molar-refractivity contribution in [1.82, 2.24) is 5.32 Å². The summed E-state index contributed by atoms with van der Waals surface area (Å²) in [7, 11) is -1.35. The van der Waals surface area contributed by atoms with E-state index in [0.717, 1.165) is 12.8 Å². The van der Waals surface area contributed by atoms with Crippen molar-refractivity contribution in [3.05, 3.63) is 0 Å². The first kappa shape index (κ1) is 17.7. The van der Waals surface area contributed by atoms with Gasteiger partial charge in [0, 0.05) is 12.6 Å². The zero-order valence-electron chi connectivity index (χ0n) is 12.8. The second kappa shape index (κ2) is 7.27. The Morgan fingerprint density at radius 3 is 2.68 bits per heavy atom. The molecule has 0 heterocycles. The number of nitrogens with two attached hydrogens (primary N) is 1. The lowest BCUT2D eigenvalue weighted by Crippen LogP contribution is -2.52. The minimum atomic E-state index is -1.35. The van der Waals surface area contributed by atoms with Crippen molar-refractivity contribution in [2.24, 2.45) is 23.5 Å². The van der Waals surface area contributed by atoms with Crippen LogP contribution in [0.5, 0.6) is 0 Å². The molecule has 2 aliphatic rings. The average molecular weight is 314 g/mol. The van der Waals surface area contributed by atoms with E-state index in [2.05, 4.69) is 5.32 Å². The van der Waals surface area contributed by atoms with Gasteiger partial charge in [0.2, 0.25) is 0 Å². The molecule has 0 spiro atoms. The lowest BCUT2D eigenvalue weighted by Gasteiger charge is -2.31. The Hall–Kier alpha value is -0.665. The maximum atomic E-state index is 11.6. The number of carbonyl (C=O) groups is 1. The van der Waals surface area contributed by atoms with E-state index in [1.54, 1.807) is 0 Å². The fourth-order valence-corrected chi connectivity index (χ4v) is 4.53. The van der Waals surface area contributed by atoms with Crippen molar-refractivity contribution in [1.29, 1.82) is 0 Å². The number of rotatable bonds is 8. The Bertz CT molecular complexity index is 397. The summed E-state index contributed by atoms with van der Waals surface area (Å²) in [5, 5.41) is 39.7. The first-order valence-electron chi connectivity index (χ1n) is 8.11. The van der Waals surface area contributed by atoms with Gasteiger partial charge in [0.05, 0.1) is 6.61 Å². The molecule has 8 heteroatoms. The number of carboxylic acid groups (broad SMARTS) is 1. The Labute approximate surface area is 131 Å². The third-order valence-electron chi connectivity index (χ3n) is 5.45. The zero-order chi connectivity index (χ0) is 16.3. The molecule has 22 heavy (non-hydrogen) atoms. The van der Waals surface area contributed by atoms with Crippen LogP contribution in [0.25, 0.3) is 0 Å². The average Bonchev–Trinajstić information content (AvgIpc) is 2.93. The summed E-state index contributed by atoms with van der Waals surface area (Å²) >= 11 is 0. The number of hydrogen-bond acceptors (Lipinski definition) is 6. The highest BCUT2D eigenvalue weighted by molar-refractivity contribution is 6.40. The first-order valence-corrected chi connectivity index (χ1v) is 8.11. The molecule has 2 rings (SSSR count). The summed E-state index contributed by atoms with van der Waals surface area (Å²) in [5.41, 5.74) is 5.02. The molecule has 0 aliphatic heterocycles. The van der Waals surface area contributed by atoms with Crippen molar-refractivity contribution < 1.29 is 25.1 Å². The number of aliphatic hydroxyl groups excluding tert-OH is 1. The van der Waals surface area contributed by atoms with Crippen LogP contribution in [-0.2, 0) is 4.79 Å². The molecule has 0 saturated heterocycles. The quantitative estimate of drug-likeness (QED) is 0.317. The lowest BCUT2D eigenvalue weighted by molar-refractivity contribution is -0.145.